The zero-order valence-electron chi connectivity index (χ0n) is 10.8. The van der Waals surface area contributed by atoms with Crippen LogP contribution in [0.5, 0.6) is 5.75 Å². The lowest BCUT2D eigenvalue weighted by molar-refractivity contribution is 0.357. The van der Waals surface area contributed by atoms with Gasteiger partial charge >= 0.3 is 5.69 Å². The van der Waals surface area contributed by atoms with E-state index >= 15 is 0 Å². The van der Waals surface area contributed by atoms with Crippen molar-refractivity contribution in [2.45, 2.75) is 13.0 Å². The summed E-state index contributed by atoms with van der Waals surface area (Å²) < 4.78 is 8.53. The molecule has 0 amide bonds. The van der Waals surface area contributed by atoms with E-state index in [0.29, 0.717) is 12.2 Å². The highest BCUT2D eigenvalue weighted by Gasteiger charge is 2.13. The standard InChI is InChI=1S/C15H13N3O2/c19-15-17-7-2-1-3-14(17)16-18(15)10-11-4-5-13-12(9-11)6-8-20-13/h1-5,7,9H,6,8,10H2. The van der Waals surface area contributed by atoms with Gasteiger partial charge in [-0.05, 0) is 29.3 Å². The van der Waals surface area contributed by atoms with Crippen molar-refractivity contribution in [3.63, 3.8) is 0 Å². The smallest absolute Gasteiger partial charge is 0.350 e. The summed E-state index contributed by atoms with van der Waals surface area (Å²) in [6, 6.07) is 11.6. The number of fused-ring (bicyclic) bond motifs is 2. The molecule has 0 aliphatic carbocycles. The van der Waals surface area contributed by atoms with Crippen LogP contribution in [-0.2, 0) is 13.0 Å². The van der Waals surface area contributed by atoms with Crippen LogP contribution in [0, 0.1) is 0 Å². The van der Waals surface area contributed by atoms with E-state index in [9.17, 15) is 4.79 Å². The minimum Gasteiger partial charge on any atom is -0.493 e. The summed E-state index contributed by atoms with van der Waals surface area (Å²) in [5.41, 5.74) is 2.83. The Hall–Kier alpha value is -2.56. The van der Waals surface area contributed by atoms with Gasteiger partial charge in [0.05, 0.1) is 13.2 Å². The Balaban J connectivity index is 1.74. The van der Waals surface area contributed by atoms with E-state index in [2.05, 4.69) is 11.2 Å². The molecule has 0 spiro atoms. The molecule has 1 aliphatic heterocycles. The van der Waals surface area contributed by atoms with Crippen LogP contribution < -0.4 is 10.4 Å². The van der Waals surface area contributed by atoms with E-state index in [0.717, 1.165) is 24.3 Å². The molecule has 100 valence electrons. The first-order chi connectivity index (χ1) is 9.81. The maximum atomic E-state index is 12.2. The van der Waals surface area contributed by atoms with Crippen molar-refractivity contribution >= 4 is 5.65 Å². The third-order valence-electron chi connectivity index (χ3n) is 3.57. The third kappa shape index (κ3) is 1.71. The highest BCUT2D eigenvalue weighted by molar-refractivity contribution is 5.40. The lowest BCUT2D eigenvalue weighted by Crippen LogP contribution is -2.21. The van der Waals surface area contributed by atoms with Crippen molar-refractivity contribution in [3.05, 3.63) is 64.2 Å². The second-order valence-electron chi connectivity index (χ2n) is 4.91. The Morgan fingerprint density at radius 1 is 1.25 bits per heavy atom. The Kier molecular flexibility index (Phi) is 2.39. The molecule has 0 unspecified atom stereocenters. The lowest BCUT2D eigenvalue weighted by Gasteiger charge is -2.03. The number of hydrogen-bond acceptors (Lipinski definition) is 3. The van der Waals surface area contributed by atoms with Crippen LogP contribution in [0.3, 0.4) is 0 Å². The molecule has 0 N–H and O–H groups in total. The van der Waals surface area contributed by atoms with Crippen LogP contribution in [-0.4, -0.2) is 20.8 Å². The highest BCUT2D eigenvalue weighted by Crippen LogP contribution is 2.25. The number of benzene rings is 1. The van der Waals surface area contributed by atoms with Gasteiger partial charge in [0.25, 0.3) is 0 Å². The molecule has 3 heterocycles. The number of nitrogens with zero attached hydrogens (tertiary/aromatic N) is 3. The maximum absolute atomic E-state index is 12.2. The average Bonchev–Trinajstić information content (AvgIpc) is 3.05. The first-order valence-electron chi connectivity index (χ1n) is 6.60. The summed E-state index contributed by atoms with van der Waals surface area (Å²) in [6.45, 7) is 1.22. The number of pyridine rings is 1. The summed E-state index contributed by atoms with van der Waals surface area (Å²) in [5, 5.41) is 4.34. The Morgan fingerprint density at radius 2 is 2.20 bits per heavy atom. The second-order valence-corrected chi connectivity index (χ2v) is 4.91. The number of rotatable bonds is 2. The van der Waals surface area contributed by atoms with E-state index in [1.165, 1.54) is 10.2 Å². The molecular formula is C15H13N3O2. The monoisotopic (exact) mass is 267 g/mol. The minimum atomic E-state index is -0.114. The van der Waals surface area contributed by atoms with Crippen LogP contribution in [0.2, 0.25) is 0 Å². The molecule has 0 radical (unpaired) electrons. The molecule has 0 saturated heterocycles. The van der Waals surface area contributed by atoms with Gasteiger partial charge in [0.15, 0.2) is 5.65 Å². The first-order valence-corrected chi connectivity index (χ1v) is 6.60. The fraction of sp³-hybridized carbons (Fsp3) is 0.200. The summed E-state index contributed by atoms with van der Waals surface area (Å²) in [6.07, 6.45) is 2.67. The molecule has 1 aromatic carbocycles. The summed E-state index contributed by atoms with van der Waals surface area (Å²) in [7, 11) is 0. The largest absolute Gasteiger partial charge is 0.493 e. The number of ether oxygens (including phenoxy) is 1. The summed E-state index contributed by atoms with van der Waals surface area (Å²) in [5.74, 6) is 0.955. The van der Waals surface area contributed by atoms with Gasteiger partial charge in [-0.1, -0.05) is 18.2 Å². The van der Waals surface area contributed by atoms with Crippen LogP contribution in [0.4, 0.5) is 0 Å². The van der Waals surface area contributed by atoms with Gasteiger partial charge in [-0.25, -0.2) is 9.48 Å². The molecule has 4 rings (SSSR count). The van der Waals surface area contributed by atoms with E-state index in [1.807, 2.05) is 30.3 Å². The number of aromatic nitrogens is 3. The molecular weight excluding hydrogens is 254 g/mol. The summed E-state index contributed by atoms with van der Waals surface area (Å²) >= 11 is 0. The molecule has 1 aliphatic rings. The molecule has 0 bridgehead atoms. The fourth-order valence-corrected chi connectivity index (χ4v) is 2.58. The zero-order valence-corrected chi connectivity index (χ0v) is 10.8. The molecule has 2 aromatic heterocycles. The fourth-order valence-electron chi connectivity index (χ4n) is 2.58. The topological polar surface area (TPSA) is 48.5 Å². The molecule has 5 nitrogen and oxygen atoms in total. The van der Waals surface area contributed by atoms with Crippen molar-refractivity contribution in [2.24, 2.45) is 0 Å². The third-order valence-corrected chi connectivity index (χ3v) is 3.57. The van der Waals surface area contributed by atoms with Crippen molar-refractivity contribution in [3.8, 4) is 5.75 Å². The number of hydrogen-bond donors (Lipinski definition) is 0. The molecule has 5 heteroatoms. The van der Waals surface area contributed by atoms with Crippen LogP contribution in [0.25, 0.3) is 5.65 Å². The van der Waals surface area contributed by atoms with Crippen LogP contribution >= 0.6 is 0 Å². The van der Waals surface area contributed by atoms with Gasteiger partial charge in [-0.3, -0.25) is 4.40 Å². The predicted molar refractivity (Wildman–Crippen MR) is 74.2 cm³/mol. The molecule has 20 heavy (non-hydrogen) atoms. The lowest BCUT2D eigenvalue weighted by atomic mass is 10.1. The highest BCUT2D eigenvalue weighted by atomic mass is 16.5. The molecule has 3 aromatic rings. The molecule has 0 saturated carbocycles. The Labute approximate surface area is 115 Å². The SMILES string of the molecule is O=c1n(Cc2ccc3c(c2)CCO3)nc2ccccn12. The van der Waals surface area contributed by atoms with Gasteiger partial charge in [0.1, 0.15) is 5.75 Å². The van der Waals surface area contributed by atoms with Gasteiger partial charge in [0.2, 0.25) is 0 Å². The van der Waals surface area contributed by atoms with Gasteiger partial charge in [-0.15, -0.1) is 5.10 Å². The quantitative estimate of drug-likeness (QED) is 0.706. The van der Waals surface area contributed by atoms with E-state index in [1.54, 1.807) is 10.6 Å². The second kappa shape index (κ2) is 4.23. The molecule has 0 fully saturated rings. The minimum absolute atomic E-state index is 0.114. The Morgan fingerprint density at radius 3 is 3.10 bits per heavy atom. The van der Waals surface area contributed by atoms with Crippen molar-refractivity contribution in [1.82, 2.24) is 14.2 Å². The van der Waals surface area contributed by atoms with Gasteiger partial charge in [-0.2, -0.15) is 0 Å². The zero-order chi connectivity index (χ0) is 13.5. The average molecular weight is 267 g/mol. The van der Waals surface area contributed by atoms with E-state index in [4.69, 9.17) is 4.74 Å². The summed E-state index contributed by atoms with van der Waals surface area (Å²) in [4.78, 5) is 12.2. The van der Waals surface area contributed by atoms with Crippen molar-refractivity contribution in [2.75, 3.05) is 6.61 Å². The van der Waals surface area contributed by atoms with Crippen molar-refractivity contribution < 1.29 is 4.74 Å². The van der Waals surface area contributed by atoms with Gasteiger partial charge < -0.3 is 4.74 Å². The van der Waals surface area contributed by atoms with Crippen LogP contribution in [0.15, 0.2) is 47.4 Å². The van der Waals surface area contributed by atoms with Crippen LogP contribution in [0.1, 0.15) is 11.1 Å². The maximum Gasteiger partial charge on any atom is 0.350 e. The van der Waals surface area contributed by atoms with E-state index in [-0.39, 0.29) is 5.69 Å². The van der Waals surface area contributed by atoms with Crippen molar-refractivity contribution in [1.29, 1.82) is 0 Å². The normalized spacial score (nSPS) is 13.4. The van der Waals surface area contributed by atoms with E-state index < -0.39 is 0 Å². The Bertz CT molecular complexity index is 848. The predicted octanol–water partition coefficient (Wildman–Crippen LogP) is 1.48. The van der Waals surface area contributed by atoms with Gasteiger partial charge in [0, 0.05) is 12.6 Å². The first kappa shape index (κ1) is 11.3. The molecule has 0 atom stereocenters.